The molecule has 2 saturated heterocycles. The monoisotopic (exact) mass is 237 g/mol. The molecule has 4 nitrogen and oxygen atoms in total. The molecule has 0 aromatic rings. The van der Waals surface area contributed by atoms with Gasteiger partial charge in [-0.3, -0.25) is 9.69 Å². The minimum atomic E-state index is 0.372. The average molecular weight is 237 g/mol. The van der Waals surface area contributed by atoms with Crippen LogP contribution in [-0.4, -0.2) is 61.0 Å². The fourth-order valence-corrected chi connectivity index (χ4v) is 3.20. The molecule has 0 bridgehead atoms. The van der Waals surface area contributed by atoms with E-state index in [4.69, 9.17) is 0 Å². The summed E-state index contributed by atoms with van der Waals surface area (Å²) in [5, 5.41) is 3.39. The molecule has 4 heteroatoms. The van der Waals surface area contributed by atoms with Gasteiger partial charge in [-0.1, -0.05) is 6.42 Å². The molecule has 1 N–H and O–H groups in total. The van der Waals surface area contributed by atoms with Crippen molar-refractivity contribution in [2.75, 3.05) is 39.3 Å². The van der Waals surface area contributed by atoms with Crippen molar-refractivity contribution >= 4 is 5.91 Å². The molecule has 0 spiro atoms. The number of amides is 1. The third kappa shape index (κ3) is 2.33. The number of likely N-dealkylation sites (tertiary alicyclic amines) is 1. The summed E-state index contributed by atoms with van der Waals surface area (Å²) in [6.07, 6.45) is 4.70. The number of piperazine rings is 1. The van der Waals surface area contributed by atoms with E-state index >= 15 is 0 Å². The molecule has 1 aliphatic carbocycles. The highest BCUT2D eigenvalue weighted by atomic mass is 16.2. The Morgan fingerprint density at radius 2 is 1.82 bits per heavy atom. The van der Waals surface area contributed by atoms with Crippen molar-refractivity contribution in [3.63, 3.8) is 0 Å². The topological polar surface area (TPSA) is 35.6 Å². The number of nitrogens with zero attached hydrogens (tertiary/aromatic N) is 2. The van der Waals surface area contributed by atoms with E-state index in [1.807, 2.05) is 0 Å². The molecule has 1 unspecified atom stereocenters. The van der Waals surface area contributed by atoms with E-state index in [9.17, 15) is 4.79 Å². The largest absolute Gasteiger partial charge is 0.341 e. The van der Waals surface area contributed by atoms with Crippen LogP contribution in [0.2, 0.25) is 0 Å². The van der Waals surface area contributed by atoms with Gasteiger partial charge in [0.05, 0.1) is 0 Å². The van der Waals surface area contributed by atoms with Crippen LogP contribution in [-0.2, 0) is 4.79 Å². The lowest BCUT2D eigenvalue weighted by molar-refractivity contribution is -0.137. The van der Waals surface area contributed by atoms with E-state index in [1.54, 1.807) is 0 Å². The minimum absolute atomic E-state index is 0.372. The van der Waals surface area contributed by atoms with Crippen LogP contribution in [0.15, 0.2) is 0 Å². The van der Waals surface area contributed by atoms with Gasteiger partial charge in [-0.15, -0.1) is 0 Å². The van der Waals surface area contributed by atoms with E-state index < -0.39 is 0 Å². The van der Waals surface area contributed by atoms with E-state index in [-0.39, 0.29) is 0 Å². The van der Waals surface area contributed by atoms with Gasteiger partial charge in [-0.25, -0.2) is 0 Å². The summed E-state index contributed by atoms with van der Waals surface area (Å²) in [7, 11) is 0. The van der Waals surface area contributed by atoms with Gasteiger partial charge in [-0.05, 0) is 19.3 Å². The SMILES string of the molecule is O=C(C1CCC1)N1CCC(N2CCNCC2)C1. The molecule has 2 aliphatic heterocycles. The average Bonchev–Trinajstić information content (AvgIpc) is 2.77. The number of carbonyl (C=O) groups is 1. The Hall–Kier alpha value is -0.610. The second-order valence-electron chi connectivity index (χ2n) is 5.64. The van der Waals surface area contributed by atoms with Gasteiger partial charge < -0.3 is 10.2 Å². The summed E-state index contributed by atoms with van der Waals surface area (Å²) in [5.41, 5.74) is 0. The number of hydrogen-bond donors (Lipinski definition) is 1. The first kappa shape index (κ1) is 11.5. The second kappa shape index (κ2) is 4.94. The van der Waals surface area contributed by atoms with Crippen molar-refractivity contribution in [3.8, 4) is 0 Å². The van der Waals surface area contributed by atoms with Crippen LogP contribution < -0.4 is 5.32 Å². The summed E-state index contributed by atoms with van der Waals surface area (Å²) in [5.74, 6) is 0.811. The smallest absolute Gasteiger partial charge is 0.225 e. The quantitative estimate of drug-likeness (QED) is 0.750. The number of rotatable bonds is 2. The summed E-state index contributed by atoms with van der Waals surface area (Å²) < 4.78 is 0. The van der Waals surface area contributed by atoms with E-state index in [1.165, 1.54) is 12.8 Å². The molecule has 1 atom stereocenters. The van der Waals surface area contributed by atoms with E-state index in [2.05, 4.69) is 15.1 Å². The summed E-state index contributed by atoms with van der Waals surface area (Å²) in [4.78, 5) is 16.8. The normalized spacial score (nSPS) is 31.5. The zero-order chi connectivity index (χ0) is 11.7. The van der Waals surface area contributed by atoms with Crippen molar-refractivity contribution in [1.82, 2.24) is 15.1 Å². The molecule has 1 saturated carbocycles. The van der Waals surface area contributed by atoms with Crippen LogP contribution >= 0.6 is 0 Å². The Labute approximate surface area is 103 Å². The molecule has 96 valence electrons. The predicted molar refractivity (Wildman–Crippen MR) is 66.8 cm³/mol. The van der Waals surface area contributed by atoms with Crippen molar-refractivity contribution in [2.24, 2.45) is 5.92 Å². The first-order valence-electron chi connectivity index (χ1n) is 7.08. The molecule has 2 heterocycles. The Kier molecular flexibility index (Phi) is 3.34. The standard InChI is InChI=1S/C13H23N3O/c17-13(11-2-1-3-11)16-7-4-12(10-16)15-8-5-14-6-9-15/h11-12,14H,1-10H2. The summed E-state index contributed by atoms with van der Waals surface area (Å²) >= 11 is 0. The molecule has 17 heavy (non-hydrogen) atoms. The van der Waals surface area contributed by atoms with Gasteiger partial charge in [-0.2, -0.15) is 0 Å². The zero-order valence-corrected chi connectivity index (χ0v) is 10.5. The van der Waals surface area contributed by atoms with Gasteiger partial charge >= 0.3 is 0 Å². The zero-order valence-electron chi connectivity index (χ0n) is 10.5. The minimum Gasteiger partial charge on any atom is -0.341 e. The van der Waals surface area contributed by atoms with Gasteiger partial charge in [0.2, 0.25) is 5.91 Å². The van der Waals surface area contributed by atoms with Crippen molar-refractivity contribution in [2.45, 2.75) is 31.7 Å². The van der Waals surface area contributed by atoms with Crippen molar-refractivity contribution < 1.29 is 4.79 Å². The highest BCUT2D eigenvalue weighted by Crippen LogP contribution is 2.30. The van der Waals surface area contributed by atoms with Crippen LogP contribution in [0.4, 0.5) is 0 Å². The molecule has 3 fully saturated rings. The van der Waals surface area contributed by atoms with E-state index in [0.717, 1.165) is 52.1 Å². The number of nitrogens with one attached hydrogen (secondary N) is 1. The fraction of sp³-hybridized carbons (Fsp3) is 0.923. The third-order valence-corrected chi connectivity index (χ3v) is 4.60. The maximum absolute atomic E-state index is 12.2. The van der Waals surface area contributed by atoms with Crippen molar-refractivity contribution in [1.29, 1.82) is 0 Å². The first-order chi connectivity index (χ1) is 8.34. The van der Waals surface area contributed by atoms with Crippen LogP contribution in [0, 0.1) is 5.92 Å². The predicted octanol–water partition coefficient (Wildman–Crippen LogP) is 0.293. The van der Waals surface area contributed by atoms with Crippen LogP contribution in [0.3, 0.4) is 0 Å². The maximum Gasteiger partial charge on any atom is 0.225 e. The number of hydrogen-bond acceptors (Lipinski definition) is 3. The van der Waals surface area contributed by atoms with Gasteiger partial charge in [0.1, 0.15) is 0 Å². The molecule has 0 aromatic heterocycles. The maximum atomic E-state index is 12.2. The second-order valence-corrected chi connectivity index (χ2v) is 5.64. The highest BCUT2D eigenvalue weighted by Gasteiger charge is 2.35. The molecule has 3 rings (SSSR count). The van der Waals surface area contributed by atoms with E-state index in [0.29, 0.717) is 17.9 Å². The lowest BCUT2D eigenvalue weighted by Gasteiger charge is -2.33. The summed E-state index contributed by atoms with van der Waals surface area (Å²) in [6.45, 7) is 6.48. The van der Waals surface area contributed by atoms with Crippen LogP contribution in [0.25, 0.3) is 0 Å². The Balaban J connectivity index is 1.52. The van der Waals surface area contributed by atoms with Crippen LogP contribution in [0.5, 0.6) is 0 Å². The lowest BCUT2D eigenvalue weighted by Crippen LogP contribution is -2.49. The van der Waals surface area contributed by atoms with Crippen LogP contribution in [0.1, 0.15) is 25.7 Å². The van der Waals surface area contributed by atoms with Gasteiger partial charge in [0.25, 0.3) is 0 Å². The number of carbonyl (C=O) groups excluding carboxylic acids is 1. The Morgan fingerprint density at radius 3 is 2.47 bits per heavy atom. The fourth-order valence-electron chi connectivity index (χ4n) is 3.20. The van der Waals surface area contributed by atoms with Gasteiger partial charge in [0.15, 0.2) is 0 Å². The lowest BCUT2D eigenvalue weighted by atomic mass is 9.84. The Bertz CT molecular complexity index is 284. The molecule has 0 aromatic carbocycles. The first-order valence-corrected chi connectivity index (χ1v) is 7.08. The molecule has 0 radical (unpaired) electrons. The highest BCUT2D eigenvalue weighted by molar-refractivity contribution is 5.79. The third-order valence-electron chi connectivity index (χ3n) is 4.60. The Morgan fingerprint density at radius 1 is 1.06 bits per heavy atom. The summed E-state index contributed by atoms with van der Waals surface area (Å²) in [6, 6.07) is 0.626. The van der Waals surface area contributed by atoms with Crippen molar-refractivity contribution in [3.05, 3.63) is 0 Å². The van der Waals surface area contributed by atoms with Gasteiger partial charge in [0, 0.05) is 51.2 Å². The molecular formula is C13H23N3O. The molecular weight excluding hydrogens is 214 g/mol. The molecule has 1 amide bonds. The molecule has 3 aliphatic rings.